The molecule has 0 unspecified atom stereocenters. The molecule has 0 saturated carbocycles. The van der Waals surface area contributed by atoms with Gasteiger partial charge in [0.1, 0.15) is 5.76 Å². The number of nitrogens with one attached hydrogen (secondary N) is 1. The van der Waals surface area contributed by atoms with E-state index in [0.29, 0.717) is 5.92 Å². The van der Waals surface area contributed by atoms with Crippen LogP contribution in [0, 0.1) is 19.8 Å². The molecule has 3 heterocycles. The molecule has 0 amide bonds. The van der Waals surface area contributed by atoms with E-state index < -0.39 is 0 Å². The first-order valence-corrected chi connectivity index (χ1v) is 12.1. The number of hydrogen-bond acceptors (Lipinski definition) is 5. The first kappa shape index (κ1) is 25.8. The third-order valence-corrected chi connectivity index (χ3v) is 6.67. The second-order valence-electron chi connectivity index (χ2n) is 8.97. The van der Waals surface area contributed by atoms with Crippen molar-refractivity contribution in [2.75, 3.05) is 57.3 Å². The molecule has 0 aliphatic carbocycles. The van der Waals surface area contributed by atoms with E-state index in [0.717, 1.165) is 82.2 Å². The fourth-order valence-electron chi connectivity index (χ4n) is 4.58. The van der Waals surface area contributed by atoms with Gasteiger partial charge in [-0.25, -0.2) is 4.98 Å². The van der Waals surface area contributed by atoms with Gasteiger partial charge in [-0.15, -0.1) is 24.0 Å². The number of halogens is 1. The van der Waals surface area contributed by atoms with Crippen LogP contribution in [0.4, 0.5) is 5.69 Å². The summed E-state index contributed by atoms with van der Waals surface area (Å²) in [4.78, 5) is 16.9. The molecule has 7 nitrogen and oxygen atoms in total. The standard InChI is InChI=1S/C25H38N6O.HI/c1-4-26-25(31-16-14-30(15-17-31)23-8-6-5-7-9-23)27-18-22-10-12-29(13-11-22)19-24-28-20(2)21(3)32-24;/h5-9,22H,4,10-19H2,1-3H3,(H,26,27);1H. The topological polar surface area (TPSA) is 60.1 Å². The first-order valence-electron chi connectivity index (χ1n) is 12.1. The number of hydrogen-bond donors (Lipinski definition) is 1. The molecule has 0 atom stereocenters. The molecule has 8 heteroatoms. The zero-order valence-electron chi connectivity index (χ0n) is 20.3. The summed E-state index contributed by atoms with van der Waals surface area (Å²) >= 11 is 0. The third kappa shape index (κ3) is 7.09. The lowest BCUT2D eigenvalue weighted by Gasteiger charge is -2.38. The maximum atomic E-state index is 5.76. The molecule has 2 fully saturated rings. The number of piperazine rings is 1. The summed E-state index contributed by atoms with van der Waals surface area (Å²) in [5.41, 5.74) is 2.32. The molecular formula is C25H39IN6O. The van der Waals surface area contributed by atoms with Gasteiger partial charge in [0.15, 0.2) is 5.96 Å². The highest BCUT2D eigenvalue weighted by atomic mass is 127. The Morgan fingerprint density at radius 2 is 1.76 bits per heavy atom. The van der Waals surface area contributed by atoms with Crippen molar-refractivity contribution in [3.05, 3.63) is 47.7 Å². The zero-order valence-corrected chi connectivity index (χ0v) is 22.6. The Morgan fingerprint density at radius 1 is 1.06 bits per heavy atom. The smallest absolute Gasteiger partial charge is 0.208 e. The van der Waals surface area contributed by atoms with Crippen molar-refractivity contribution in [1.29, 1.82) is 0 Å². The predicted octanol–water partition coefficient (Wildman–Crippen LogP) is 3.91. The average molecular weight is 567 g/mol. The van der Waals surface area contributed by atoms with Crippen LogP contribution in [0.3, 0.4) is 0 Å². The highest BCUT2D eigenvalue weighted by Gasteiger charge is 2.23. The lowest BCUT2D eigenvalue weighted by Crippen LogP contribution is -2.52. The molecule has 33 heavy (non-hydrogen) atoms. The van der Waals surface area contributed by atoms with E-state index in [1.807, 2.05) is 13.8 Å². The highest BCUT2D eigenvalue weighted by molar-refractivity contribution is 14.0. The minimum Gasteiger partial charge on any atom is -0.444 e. The van der Waals surface area contributed by atoms with Crippen LogP contribution in [-0.4, -0.2) is 73.1 Å². The number of likely N-dealkylation sites (tertiary alicyclic amines) is 1. The van der Waals surface area contributed by atoms with E-state index in [2.05, 4.69) is 62.3 Å². The summed E-state index contributed by atoms with van der Waals surface area (Å²) < 4.78 is 5.76. The minimum atomic E-state index is 0. The van der Waals surface area contributed by atoms with Crippen molar-refractivity contribution in [1.82, 2.24) is 20.1 Å². The van der Waals surface area contributed by atoms with Gasteiger partial charge in [-0.05, 0) is 64.8 Å². The number of aryl methyl sites for hydroxylation is 2. The van der Waals surface area contributed by atoms with Gasteiger partial charge < -0.3 is 19.5 Å². The number of piperidine rings is 1. The van der Waals surface area contributed by atoms with Gasteiger partial charge in [-0.1, -0.05) is 18.2 Å². The number of aliphatic imine (C=N–C) groups is 1. The predicted molar refractivity (Wildman–Crippen MR) is 146 cm³/mol. The van der Waals surface area contributed by atoms with Gasteiger partial charge in [-0.2, -0.15) is 0 Å². The minimum absolute atomic E-state index is 0. The number of aromatic nitrogens is 1. The van der Waals surface area contributed by atoms with Gasteiger partial charge in [0.2, 0.25) is 5.89 Å². The molecule has 1 N–H and O–H groups in total. The van der Waals surface area contributed by atoms with Crippen LogP contribution < -0.4 is 10.2 Å². The summed E-state index contributed by atoms with van der Waals surface area (Å²) in [7, 11) is 0. The summed E-state index contributed by atoms with van der Waals surface area (Å²) in [5, 5.41) is 3.52. The maximum absolute atomic E-state index is 5.76. The lowest BCUT2D eigenvalue weighted by atomic mass is 9.97. The Bertz CT molecular complexity index is 851. The number of anilines is 1. The molecule has 0 bridgehead atoms. The molecule has 2 aromatic rings. The Labute approximate surface area is 215 Å². The van der Waals surface area contributed by atoms with Crippen LogP contribution in [0.5, 0.6) is 0 Å². The highest BCUT2D eigenvalue weighted by Crippen LogP contribution is 2.21. The van der Waals surface area contributed by atoms with E-state index in [1.165, 1.54) is 18.5 Å². The van der Waals surface area contributed by atoms with Crippen molar-refractivity contribution in [3.8, 4) is 0 Å². The number of nitrogens with zero attached hydrogens (tertiary/aromatic N) is 5. The number of para-hydroxylation sites is 1. The van der Waals surface area contributed by atoms with Crippen molar-refractivity contribution < 1.29 is 4.42 Å². The van der Waals surface area contributed by atoms with Gasteiger partial charge in [0.05, 0.1) is 12.2 Å². The lowest BCUT2D eigenvalue weighted by molar-refractivity contribution is 0.166. The van der Waals surface area contributed by atoms with Gasteiger partial charge in [-0.3, -0.25) is 9.89 Å². The second kappa shape index (κ2) is 12.6. The van der Waals surface area contributed by atoms with Crippen molar-refractivity contribution in [3.63, 3.8) is 0 Å². The van der Waals surface area contributed by atoms with Crippen LogP contribution in [0.25, 0.3) is 0 Å². The molecule has 0 spiro atoms. The largest absolute Gasteiger partial charge is 0.444 e. The molecule has 0 radical (unpaired) electrons. The molecule has 2 aliphatic rings. The molecule has 182 valence electrons. The normalized spacial score (nSPS) is 18.3. The summed E-state index contributed by atoms with van der Waals surface area (Å²) in [6.07, 6.45) is 2.37. The number of benzene rings is 1. The van der Waals surface area contributed by atoms with Crippen LogP contribution >= 0.6 is 24.0 Å². The summed E-state index contributed by atoms with van der Waals surface area (Å²) in [6, 6.07) is 10.7. The van der Waals surface area contributed by atoms with E-state index in [9.17, 15) is 0 Å². The molecule has 2 saturated heterocycles. The zero-order chi connectivity index (χ0) is 22.3. The number of oxazole rings is 1. The van der Waals surface area contributed by atoms with Gasteiger partial charge >= 0.3 is 0 Å². The van der Waals surface area contributed by atoms with Crippen LogP contribution in [0.15, 0.2) is 39.7 Å². The SMILES string of the molecule is CCNC(=NCC1CCN(Cc2nc(C)c(C)o2)CC1)N1CCN(c2ccccc2)CC1.I. The Morgan fingerprint density at radius 3 is 2.36 bits per heavy atom. The average Bonchev–Trinajstić information content (AvgIpc) is 3.15. The Hall–Kier alpha value is -1.81. The van der Waals surface area contributed by atoms with Gasteiger partial charge in [0.25, 0.3) is 0 Å². The molecule has 1 aromatic heterocycles. The Balaban J connectivity index is 0.00000306. The van der Waals surface area contributed by atoms with Crippen molar-refractivity contribution >= 4 is 35.6 Å². The van der Waals surface area contributed by atoms with E-state index in [1.54, 1.807) is 0 Å². The summed E-state index contributed by atoms with van der Waals surface area (Å²) in [6.45, 7) is 15.0. The third-order valence-electron chi connectivity index (χ3n) is 6.67. The maximum Gasteiger partial charge on any atom is 0.208 e. The van der Waals surface area contributed by atoms with Crippen LogP contribution in [0.2, 0.25) is 0 Å². The van der Waals surface area contributed by atoms with Crippen LogP contribution in [0.1, 0.15) is 37.1 Å². The van der Waals surface area contributed by atoms with Crippen molar-refractivity contribution in [2.24, 2.45) is 10.9 Å². The van der Waals surface area contributed by atoms with E-state index in [4.69, 9.17) is 9.41 Å². The molecule has 4 rings (SSSR count). The molecule has 2 aliphatic heterocycles. The van der Waals surface area contributed by atoms with E-state index >= 15 is 0 Å². The monoisotopic (exact) mass is 566 g/mol. The Kier molecular flexibility index (Phi) is 9.85. The second-order valence-corrected chi connectivity index (χ2v) is 8.97. The van der Waals surface area contributed by atoms with Crippen LogP contribution in [-0.2, 0) is 6.54 Å². The van der Waals surface area contributed by atoms with Crippen molar-refractivity contribution in [2.45, 2.75) is 40.2 Å². The summed E-state index contributed by atoms with van der Waals surface area (Å²) in [5.74, 6) is 3.51. The fraction of sp³-hybridized carbons (Fsp3) is 0.600. The molecule has 1 aromatic carbocycles. The molecular weight excluding hydrogens is 527 g/mol. The number of rotatable bonds is 6. The van der Waals surface area contributed by atoms with E-state index in [-0.39, 0.29) is 24.0 Å². The quantitative estimate of drug-likeness (QED) is 0.325. The fourth-order valence-corrected chi connectivity index (χ4v) is 4.58. The first-order chi connectivity index (χ1) is 15.6. The van der Waals surface area contributed by atoms with Gasteiger partial charge in [0, 0.05) is 45.0 Å². The number of guanidine groups is 1.